The zero-order valence-corrected chi connectivity index (χ0v) is 8.09. The molecular formula is C9H16N2O2. The highest BCUT2D eigenvalue weighted by atomic mass is 16.5. The van der Waals surface area contributed by atoms with E-state index in [1.54, 1.807) is 0 Å². The van der Waals surface area contributed by atoms with Gasteiger partial charge in [0.1, 0.15) is 12.4 Å². The first-order chi connectivity index (χ1) is 6.06. The molecule has 0 aromatic rings. The Bertz CT molecular complexity index is 200. The van der Waals surface area contributed by atoms with Crippen LogP contribution < -0.4 is 10.6 Å². The minimum Gasteiger partial charge on any atom is -0.445 e. The van der Waals surface area contributed by atoms with Crippen molar-refractivity contribution in [2.75, 3.05) is 6.61 Å². The summed E-state index contributed by atoms with van der Waals surface area (Å²) in [5.74, 6) is 0.434. The van der Waals surface area contributed by atoms with E-state index in [1.807, 2.05) is 13.8 Å². The van der Waals surface area contributed by atoms with Crippen LogP contribution in [-0.4, -0.2) is 18.7 Å². The number of amides is 1. The van der Waals surface area contributed by atoms with E-state index in [-0.39, 0.29) is 12.6 Å². The number of rotatable bonds is 5. The normalized spacial score (nSPS) is 9.15. The molecule has 0 aliphatic heterocycles. The lowest BCUT2D eigenvalue weighted by Gasteiger charge is -2.13. The summed E-state index contributed by atoms with van der Waals surface area (Å²) in [7, 11) is 0. The van der Waals surface area contributed by atoms with Gasteiger partial charge in [0.2, 0.25) is 0 Å². The van der Waals surface area contributed by atoms with Gasteiger partial charge in [0.25, 0.3) is 0 Å². The van der Waals surface area contributed by atoms with Crippen LogP contribution in [0.2, 0.25) is 0 Å². The molecule has 2 N–H and O–H groups in total. The molecule has 0 rings (SSSR count). The molecule has 0 radical (unpaired) electrons. The molecule has 0 atom stereocenters. The van der Waals surface area contributed by atoms with Crippen molar-refractivity contribution in [2.45, 2.75) is 19.9 Å². The average molecular weight is 184 g/mol. The summed E-state index contributed by atoms with van der Waals surface area (Å²) in [5, 5.41) is 5.35. The summed E-state index contributed by atoms with van der Waals surface area (Å²) in [4.78, 5) is 10.9. The van der Waals surface area contributed by atoms with E-state index in [1.165, 1.54) is 6.08 Å². The Morgan fingerprint density at radius 1 is 1.62 bits per heavy atom. The summed E-state index contributed by atoms with van der Waals surface area (Å²) in [5.41, 5.74) is 0. The fourth-order valence-corrected chi connectivity index (χ4v) is 0.678. The number of ether oxygens (including phenoxy) is 1. The SMILES string of the molecule is C=CCOC(=O)NC(=C)NC(C)C. The standard InChI is InChI=1S/C9H16N2O2/c1-5-6-13-9(12)11-8(4)10-7(2)3/h5,7,10H,1,4,6H2,2-3H3,(H,11,12). The van der Waals surface area contributed by atoms with E-state index in [0.717, 1.165) is 0 Å². The fourth-order valence-electron chi connectivity index (χ4n) is 0.678. The van der Waals surface area contributed by atoms with Crippen LogP contribution in [0.5, 0.6) is 0 Å². The van der Waals surface area contributed by atoms with Crippen molar-refractivity contribution in [3.8, 4) is 0 Å². The molecule has 13 heavy (non-hydrogen) atoms. The number of carbonyl (C=O) groups excluding carboxylic acids is 1. The van der Waals surface area contributed by atoms with Gasteiger partial charge in [-0.1, -0.05) is 19.2 Å². The van der Waals surface area contributed by atoms with Crippen molar-refractivity contribution in [3.05, 3.63) is 25.1 Å². The summed E-state index contributed by atoms with van der Waals surface area (Å²) in [6.07, 6.45) is 0.969. The van der Waals surface area contributed by atoms with E-state index in [9.17, 15) is 4.79 Å². The van der Waals surface area contributed by atoms with Crippen LogP contribution in [0, 0.1) is 0 Å². The maximum absolute atomic E-state index is 10.9. The van der Waals surface area contributed by atoms with Gasteiger partial charge in [0, 0.05) is 6.04 Å². The lowest BCUT2D eigenvalue weighted by atomic mass is 10.4. The fraction of sp³-hybridized carbons (Fsp3) is 0.444. The molecular weight excluding hydrogens is 168 g/mol. The largest absolute Gasteiger partial charge is 0.445 e. The highest BCUT2D eigenvalue weighted by Gasteiger charge is 2.02. The molecule has 0 saturated heterocycles. The smallest absolute Gasteiger partial charge is 0.413 e. The predicted octanol–water partition coefficient (Wildman–Crippen LogP) is 1.37. The number of hydrogen-bond donors (Lipinski definition) is 2. The second kappa shape index (κ2) is 6.11. The molecule has 0 bridgehead atoms. The molecule has 4 heteroatoms. The Morgan fingerprint density at radius 2 is 2.23 bits per heavy atom. The van der Waals surface area contributed by atoms with Gasteiger partial charge in [-0.25, -0.2) is 4.79 Å². The number of carbonyl (C=O) groups is 1. The van der Waals surface area contributed by atoms with Crippen molar-refractivity contribution in [1.82, 2.24) is 10.6 Å². The topological polar surface area (TPSA) is 50.4 Å². The second-order valence-corrected chi connectivity index (χ2v) is 2.79. The van der Waals surface area contributed by atoms with Crippen LogP contribution in [0.4, 0.5) is 4.79 Å². The lowest BCUT2D eigenvalue weighted by molar-refractivity contribution is 0.160. The van der Waals surface area contributed by atoms with Crippen LogP contribution in [0.1, 0.15) is 13.8 Å². The Labute approximate surface area is 78.7 Å². The molecule has 0 saturated carbocycles. The number of hydrogen-bond acceptors (Lipinski definition) is 3. The van der Waals surface area contributed by atoms with Crippen LogP contribution in [0.3, 0.4) is 0 Å². The third-order valence-electron chi connectivity index (χ3n) is 1.05. The Kier molecular flexibility index (Phi) is 5.43. The van der Waals surface area contributed by atoms with Crippen molar-refractivity contribution in [3.63, 3.8) is 0 Å². The molecule has 0 aliphatic carbocycles. The average Bonchev–Trinajstić information content (AvgIpc) is 1.98. The highest BCUT2D eigenvalue weighted by Crippen LogP contribution is 1.86. The summed E-state index contributed by atoms with van der Waals surface area (Å²) < 4.78 is 4.67. The molecule has 0 heterocycles. The van der Waals surface area contributed by atoms with Crippen molar-refractivity contribution >= 4 is 6.09 Å². The molecule has 0 fully saturated rings. The molecule has 74 valence electrons. The maximum Gasteiger partial charge on any atom is 0.413 e. The summed E-state index contributed by atoms with van der Waals surface area (Å²) in [6, 6.07) is 0.229. The van der Waals surface area contributed by atoms with Gasteiger partial charge in [-0.3, -0.25) is 5.32 Å². The van der Waals surface area contributed by atoms with E-state index < -0.39 is 6.09 Å². The molecule has 4 nitrogen and oxygen atoms in total. The van der Waals surface area contributed by atoms with Crippen molar-refractivity contribution < 1.29 is 9.53 Å². The number of nitrogens with one attached hydrogen (secondary N) is 2. The maximum atomic E-state index is 10.9. The van der Waals surface area contributed by atoms with Crippen LogP contribution >= 0.6 is 0 Å². The minimum absolute atomic E-state index is 0.195. The van der Waals surface area contributed by atoms with E-state index >= 15 is 0 Å². The Balaban J connectivity index is 3.65. The first-order valence-electron chi connectivity index (χ1n) is 4.06. The molecule has 0 aliphatic rings. The van der Waals surface area contributed by atoms with Crippen LogP contribution in [0.25, 0.3) is 0 Å². The predicted molar refractivity (Wildman–Crippen MR) is 52.1 cm³/mol. The van der Waals surface area contributed by atoms with Gasteiger partial charge in [-0.05, 0) is 13.8 Å². The lowest BCUT2D eigenvalue weighted by Crippen LogP contribution is -2.34. The van der Waals surface area contributed by atoms with Crippen molar-refractivity contribution in [1.29, 1.82) is 0 Å². The van der Waals surface area contributed by atoms with E-state index in [4.69, 9.17) is 0 Å². The zero-order chi connectivity index (χ0) is 10.3. The Hall–Kier alpha value is -1.45. The highest BCUT2D eigenvalue weighted by molar-refractivity contribution is 5.69. The first kappa shape index (κ1) is 11.6. The monoisotopic (exact) mass is 184 g/mol. The molecule has 0 aromatic carbocycles. The first-order valence-corrected chi connectivity index (χ1v) is 4.06. The second-order valence-electron chi connectivity index (χ2n) is 2.79. The number of alkyl carbamates (subject to hydrolysis) is 1. The molecule has 0 spiro atoms. The van der Waals surface area contributed by atoms with Gasteiger partial charge in [-0.2, -0.15) is 0 Å². The van der Waals surface area contributed by atoms with Crippen LogP contribution in [-0.2, 0) is 4.74 Å². The van der Waals surface area contributed by atoms with Gasteiger partial charge in [0.05, 0.1) is 0 Å². The van der Waals surface area contributed by atoms with Crippen molar-refractivity contribution in [2.24, 2.45) is 0 Å². The zero-order valence-electron chi connectivity index (χ0n) is 8.09. The van der Waals surface area contributed by atoms with E-state index in [0.29, 0.717) is 5.82 Å². The van der Waals surface area contributed by atoms with Gasteiger partial charge in [0.15, 0.2) is 0 Å². The van der Waals surface area contributed by atoms with E-state index in [2.05, 4.69) is 28.5 Å². The quantitative estimate of drug-likeness (QED) is 0.634. The molecule has 0 aromatic heterocycles. The molecule has 1 amide bonds. The Morgan fingerprint density at radius 3 is 2.69 bits per heavy atom. The third-order valence-corrected chi connectivity index (χ3v) is 1.05. The molecule has 0 unspecified atom stereocenters. The third kappa shape index (κ3) is 6.93. The summed E-state index contributed by atoms with van der Waals surface area (Å²) in [6.45, 7) is 11.1. The van der Waals surface area contributed by atoms with Gasteiger partial charge < -0.3 is 10.1 Å². The van der Waals surface area contributed by atoms with Gasteiger partial charge in [-0.15, -0.1) is 0 Å². The minimum atomic E-state index is -0.530. The van der Waals surface area contributed by atoms with Gasteiger partial charge >= 0.3 is 6.09 Å². The van der Waals surface area contributed by atoms with Crippen LogP contribution in [0.15, 0.2) is 25.1 Å². The summed E-state index contributed by atoms with van der Waals surface area (Å²) >= 11 is 0.